The lowest BCUT2D eigenvalue weighted by Crippen LogP contribution is -2.36. The summed E-state index contributed by atoms with van der Waals surface area (Å²) in [6.07, 6.45) is 0. The lowest BCUT2D eigenvalue weighted by atomic mass is 10.1. The number of rotatable bonds is 5. The number of hydrogen-bond acceptors (Lipinski definition) is 3. The maximum Gasteiger partial charge on any atom is 0.129 e. The third kappa shape index (κ3) is 5.00. The molecule has 0 radical (unpaired) electrons. The van der Waals surface area contributed by atoms with Gasteiger partial charge in [0.2, 0.25) is 0 Å². The highest BCUT2D eigenvalue weighted by Gasteiger charge is 2.14. The first kappa shape index (κ1) is 16.3. The average Bonchev–Trinajstić information content (AvgIpc) is 2.28. The molecule has 0 aliphatic heterocycles. The Morgan fingerprint density at radius 3 is 2.42 bits per heavy atom. The van der Waals surface area contributed by atoms with Crippen LogP contribution in [0.2, 0.25) is 5.02 Å². The minimum Gasteiger partial charge on any atom is -0.354 e. The second kappa shape index (κ2) is 6.58. The first-order chi connectivity index (χ1) is 8.74. The lowest BCUT2D eigenvalue weighted by Gasteiger charge is -2.27. The van der Waals surface area contributed by atoms with Gasteiger partial charge >= 0.3 is 0 Å². The third-order valence-corrected chi connectivity index (χ3v) is 3.29. The zero-order valence-electron chi connectivity index (χ0n) is 12.9. The van der Waals surface area contributed by atoms with Crippen molar-refractivity contribution in [3.8, 4) is 0 Å². The minimum absolute atomic E-state index is 0.0590. The Morgan fingerprint density at radius 2 is 1.95 bits per heavy atom. The topological polar surface area (TPSA) is 28.2 Å². The number of anilines is 1. The molecule has 1 aromatic heterocycles. The van der Waals surface area contributed by atoms with Gasteiger partial charge in [-0.3, -0.25) is 0 Å². The van der Waals surface area contributed by atoms with Crippen molar-refractivity contribution in [2.24, 2.45) is 0 Å². The van der Waals surface area contributed by atoms with Crippen molar-refractivity contribution in [2.45, 2.75) is 59.7 Å². The summed E-state index contributed by atoms with van der Waals surface area (Å²) in [6, 6.07) is 4.36. The molecule has 1 aromatic rings. The standard InChI is InChI=1S/C15H26ClN3/c1-7-19(11(2)3)14-9-8-12(16)13(18-14)10-17-15(4,5)6/h8-9,11,17H,7,10H2,1-6H3. The number of aromatic nitrogens is 1. The van der Waals surface area contributed by atoms with Gasteiger partial charge in [0.1, 0.15) is 5.82 Å². The molecule has 0 spiro atoms. The molecular formula is C15H26ClN3. The van der Waals surface area contributed by atoms with Gasteiger partial charge in [-0.25, -0.2) is 4.98 Å². The summed E-state index contributed by atoms with van der Waals surface area (Å²) in [5, 5.41) is 4.15. The highest BCUT2D eigenvalue weighted by molar-refractivity contribution is 6.31. The van der Waals surface area contributed by atoms with Gasteiger partial charge in [0.05, 0.1) is 10.7 Å². The zero-order chi connectivity index (χ0) is 14.6. The quantitative estimate of drug-likeness (QED) is 0.889. The molecule has 3 nitrogen and oxygen atoms in total. The molecule has 0 aromatic carbocycles. The smallest absolute Gasteiger partial charge is 0.129 e. The van der Waals surface area contributed by atoms with Crippen LogP contribution in [0, 0.1) is 0 Å². The van der Waals surface area contributed by atoms with Gasteiger partial charge in [0, 0.05) is 24.7 Å². The van der Waals surface area contributed by atoms with Crippen LogP contribution in [0.1, 0.15) is 47.2 Å². The number of nitrogens with one attached hydrogen (secondary N) is 1. The zero-order valence-corrected chi connectivity index (χ0v) is 13.7. The van der Waals surface area contributed by atoms with E-state index in [0.717, 1.165) is 23.1 Å². The lowest BCUT2D eigenvalue weighted by molar-refractivity contribution is 0.421. The molecular weight excluding hydrogens is 258 g/mol. The van der Waals surface area contributed by atoms with E-state index in [2.05, 4.69) is 51.8 Å². The fourth-order valence-corrected chi connectivity index (χ4v) is 2.07. The normalized spacial score (nSPS) is 12.0. The van der Waals surface area contributed by atoms with E-state index >= 15 is 0 Å². The van der Waals surface area contributed by atoms with Crippen LogP contribution >= 0.6 is 11.6 Å². The molecule has 0 atom stereocenters. The Balaban J connectivity index is 2.93. The first-order valence-electron chi connectivity index (χ1n) is 6.91. The molecule has 0 amide bonds. The van der Waals surface area contributed by atoms with Crippen molar-refractivity contribution in [3.05, 3.63) is 22.8 Å². The maximum absolute atomic E-state index is 6.23. The molecule has 0 saturated heterocycles. The molecule has 0 aliphatic carbocycles. The van der Waals surface area contributed by atoms with Crippen molar-refractivity contribution in [1.29, 1.82) is 0 Å². The Hall–Kier alpha value is -0.800. The Kier molecular flexibility index (Phi) is 5.63. The maximum atomic E-state index is 6.23. The fraction of sp³-hybridized carbons (Fsp3) is 0.667. The van der Waals surface area contributed by atoms with Crippen LogP contribution in [-0.2, 0) is 6.54 Å². The third-order valence-electron chi connectivity index (χ3n) is 2.95. The number of halogens is 1. The summed E-state index contributed by atoms with van der Waals surface area (Å²) >= 11 is 6.23. The van der Waals surface area contributed by atoms with E-state index < -0.39 is 0 Å². The highest BCUT2D eigenvalue weighted by atomic mass is 35.5. The van der Waals surface area contributed by atoms with Gasteiger partial charge in [-0.15, -0.1) is 0 Å². The summed E-state index contributed by atoms with van der Waals surface area (Å²) in [5.74, 6) is 0.993. The van der Waals surface area contributed by atoms with Crippen molar-refractivity contribution < 1.29 is 0 Å². The van der Waals surface area contributed by atoms with E-state index in [1.807, 2.05) is 12.1 Å². The fourth-order valence-electron chi connectivity index (χ4n) is 1.90. The van der Waals surface area contributed by atoms with E-state index in [-0.39, 0.29) is 5.54 Å². The highest BCUT2D eigenvalue weighted by Crippen LogP contribution is 2.21. The first-order valence-corrected chi connectivity index (χ1v) is 7.29. The number of pyridine rings is 1. The van der Waals surface area contributed by atoms with E-state index in [0.29, 0.717) is 12.6 Å². The summed E-state index contributed by atoms with van der Waals surface area (Å²) in [6.45, 7) is 14.5. The van der Waals surface area contributed by atoms with Crippen LogP contribution in [0.15, 0.2) is 12.1 Å². The van der Waals surface area contributed by atoms with Gasteiger partial charge < -0.3 is 10.2 Å². The Bertz CT molecular complexity index is 410. The molecule has 4 heteroatoms. The SMILES string of the molecule is CCN(c1ccc(Cl)c(CNC(C)(C)C)n1)C(C)C. The van der Waals surface area contributed by atoms with Gasteiger partial charge in [-0.1, -0.05) is 11.6 Å². The van der Waals surface area contributed by atoms with Crippen molar-refractivity contribution in [3.63, 3.8) is 0 Å². The minimum atomic E-state index is 0.0590. The van der Waals surface area contributed by atoms with Gasteiger partial charge in [-0.2, -0.15) is 0 Å². The van der Waals surface area contributed by atoms with E-state index in [1.54, 1.807) is 0 Å². The summed E-state index contributed by atoms with van der Waals surface area (Å²) < 4.78 is 0. The van der Waals surface area contributed by atoms with Crippen LogP contribution < -0.4 is 10.2 Å². The second-order valence-electron chi connectivity index (χ2n) is 6.08. The van der Waals surface area contributed by atoms with Crippen molar-refractivity contribution in [2.75, 3.05) is 11.4 Å². The van der Waals surface area contributed by atoms with Crippen LogP contribution in [0.3, 0.4) is 0 Å². The van der Waals surface area contributed by atoms with Gasteiger partial charge in [0.15, 0.2) is 0 Å². The predicted molar refractivity (Wildman–Crippen MR) is 84.0 cm³/mol. The van der Waals surface area contributed by atoms with E-state index in [4.69, 9.17) is 16.6 Å². The van der Waals surface area contributed by atoms with Crippen LogP contribution in [0.4, 0.5) is 5.82 Å². The van der Waals surface area contributed by atoms with Crippen molar-refractivity contribution >= 4 is 17.4 Å². The summed E-state index contributed by atoms with van der Waals surface area (Å²) in [4.78, 5) is 6.96. The molecule has 0 saturated carbocycles. The Morgan fingerprint density at radius 1 is 1.32 bits per heavy atom. The molecule has 1 rings (SSSR count). The summed E-state index contributed by atoms with van der Waals surface area (Å²) in [7, 11) is 0. The molecule has 0 aliphatic rings. The number of nitrogens with zero attached hydrogens (tertiary/aromatic N) is 2. The van der Waals surface area contributed by atoms with Crippen molar-refractivity contribution in [1.82, 2.24) is 10.3 Å². The molecule has 0 fully saturated rings. The summed E-state index contributed by atoms with van der Waals surface area (Å²) in [5.41, 5.74) is 0.969. The average molecular weight is 284 g/mol. The second-order valence-corrected chi connectivity index (χ2v) is 6.49. The molecule has 0 unspecified atom stereocenters. The molecule has 1 N–H and O–H groups in total. The van der Waals surface area contributed by atoms with E-state index in [1.165, 1.54) is 0 Å². The predicted octanol–water partition coefficient (Wildman–Crippen LogP) is 3.86. The largest absolute Gasteiger partial charge is 0.354 e. The van der Waals surface area contributed by atoms with E-state index in [9.17, 15) is 0 Å². The molecule has 108 valence electrons. The number of hydrogen-bond donors (Lipinski definition) is 1. The molecule has 1 heterocycles. The van der Waals surface area contributed by atoms with Crippen LogP contribution in [0.5, 0.6) is 0 Å². The molecule has 0 bridgehead atoms. The Labute approximate surface area is 122 Å². The molecule has 19 heavy (non-hydrogen) atoms. The van der Waals surface area contributed by atoms with Crippen LogP contribution in [0.25, 0.3) is 0 Å². The monoisotopic (exact) mass is 283 g/mol. The van der Waals surface area contributed by atoms with Crippen LogP contribution in [-0.4, -0.2) is 23.1 Å². The van der Waals surface area contributed by atoms with Gasteiger partial charge in [0.25, 0.3) is 0 Å². The van der Waals surface area contributed by atoms with Gasteiger partial charge in [-0.05, 0) is 53.7 Å².